The highest BCUT2D eigenvalue weighted by Gasteiger charge is 2.30. The lowest BCUT2D eigenvalue weighted by molar-refractivity contribution is -0.161. The minimum Gasteiger partial charge on any atom is -0.462 e. The fourth-order valence-corrected chi connectivity index (χ4v) is 12.0. The lowest BCUT2D eigenvalue weighted by Gasteiger charge is -2.21. The Labute approximate surface area is 561 Å². The Bertz CT molecular complexity index is 1900. The van der Waals surface area contributed by atoms with Crippen molar-refractivity contribution in [3.05, 3.63) is 24.3 Å². The molecule has 3 N–H and O–H groups in total. The molecule has 19 heteroatoms. The van der Waals surface area contributed by atoms with E-state index >= 15 is 0 Å². The predicted octanol–water partition coefficient (Wildman–Crippen LogP) is 20.6. The molecule has 0 saturated carbocycles. The lowest BCUT2D eigenvalue weighted by atomic mass is 9.99. The largest absolute Gasteiger partial charge is 0.472 e. The number of aliphatic hydroxyl groups is 1. The molecule has 17 nitrogen and oxygen atoms in total. The number of phosphoric ester groups is 2. The molecule has 0 aliphatic carbocycles. The molecule has 0 aliphatic rings. The standard InChI is InChI=1S/C73H138O17P2/c1-8-11-12-13-14-15-16-17-18-22-25-28-31-42-49-56-72(77)89-68(60-83-70(75)54-47-40-35-33-37-44-51-64(4)5)62-87-91(79,80)85-58-67(74)59-86-92(81,82)88-63-69(61-84-71(76)55-48-41-36-34-39-46-53-66(7)10-3)90-73(78)57-50-43-32-29-26-23-20-19-21-24-27-30-38-45-52-65(6)9-2/h15-18,64-69,74H,8-14,19-63H2,1-7H3,(H,79,80)(H,81,82)/b16-15-,18-17-/t65?,66?,67-,68+,69+/m0/s1. The van der Waals surface area contributed by atoms with E-state index < -0.39 is 97.5 Å². The molecule has 0 aromatic rings. The molecule has 7 atom stereocenters. The van der Waals surface area contributed by atoms with Crippen LogP contribution in [0.15, 0.2) is 24.3 Å². The van der Waals surface area contributed by atoms with Crippen LogP contribution in [0.5, 0.6) is 0 Å². The Kier molecular flexibility index (Phi) is 61.6. The molecule has 0 saturated heterocycles. The molecule has 542 valence electrons. The average Bonchev–Trinajstić information content (AvgIpc) is 1.62. The maximum absolute atomic E-state index is 13.0. The highest BCUT2D eigenvalue weighted by atomic mass is 31.2. The van der Waals surface area contributed by atoms with Crippen molar-refractivity contribution in [2.45, 2.75) is 362 Å². The molecule has 0 spiro atoms. The molecule has 0 bridgehead atoms. The van der Waals surface area contributed by atoms with Crippen LogP contribution in [0.2, 0.25) is 0 Å². The molecule has 92 heavy (non-hydrogen) atoms. The summed E-state index contributed by atoms with van der Waals surface area (Å²) in [6, 6.07) is 0. The highest BCUT2D eigenvalue weighted by molar-refractivity contribution is 7.47. The summed E-state index contributed by atoms with van der Waals surface area (Å²) in [4.78, 5) is 72.6. The van der Waals surface area contributed by atoms with Crippen molar-refractivity contribution < 1.29 is 80.2 Å². The van der Waals surface area contributed by atoms with Gasteiger partial charge in [0.15, 0.2) is 12.2 Å². The third-order valence-corrected chi connectivity index (χ3v) is 18.9. The van der Waals surface area contributed by atoms with Crippen molar-refractivity contribution in [1.82, 2.24) is 0 Å². The van der Waals surface area contributed by atoms with E-state index in [4.69, 9.17) is 37.0 Å². The minimum atomic E-state index is -4.96. The summed E-state index contributed by atoms with van der Waals surface area (Å²) >= 11 is 0. The van der Waals surface area contributed by atoms with Crippen LogP contribution in [0.4, 0.5) is 0 Å². The van der Waals surface area contributed by atoms with Crippen LogP contribution in [0.25, 0.3) is 0 Å². The summed E-state index contributed by atoms with van der Waals surface area (Å²) in [5.41, 5.74) is 0. The summed E-state index contributed by atoms with van der Waals surface area (Å²) in [6.45, 7) is 11.7. The van der Waals surface area contributed by atoms with E-state index in [0.29, 0.717) is 31.6 Å². The molecule has 0 heterocycles. The molecule has 4 unspecified atom stereocenters. The molecular weight excluding hydrogens is 1210 g/mol. The number of rotatable bonds is 69. The van der Waals surface area contributed by atoms with Gasteiger partial charge in [-0.3, -0.25) is 37.3 Å². The maximum Gasteiger partial charge on any atom is 0.472 e. The Morgan fingerprint density at radius 2 is 0.641 bits per heavy atom. The van der Waals surface area contributed by atoms with Crippen molar-refractivity contribution >= 4 is 39.5 Å². The molecule has 0 aromatic carbocycles. The first-order chi connectivity index (χ1) is 44.3. The number of unbranched alkanes of at least 4 members (excludes halogenated alkanes) is 32. The predicted molar refractivity (Wildman–Crippen MR) is 372 cm³/mol. The van der Waals surface area contributed by atoms with Gasteiger partial charge < -0.3 is 33.8 Å². The Hall–Kier alpha value is -2.46. The van der Waals surface area contributed by atoms with Crippen molar-refractivity contribution in [3.63, 3.8) is 0 Å². The molecule has 0 aliphatic heterocycles. The third-order valence-electron chi connectivity index (χ3n) is 17.0. The van der Waals surface area contributed by atoms with Gasteiger partial charge >= 0.3 is 39.5 Å². The monoisotopic (exact) mass is 1350 g/mol. The van der Waals surface area contributed by atoms with Gasteiger partial charge in [-0.15, -0.1) is 0 Å². The van der Waals surface area contributed by atoms with E-state index in [1.165, 1.54) is 128 Å². The van der Waals surface area contributed by atoms with Gasteiger partial charge in [-0.1, -0.05) is 291 Å². The molecule has 0 aromatic heterocycles. The number of hydrogen-bond acceptors (Lipinski definition) is 15. The topological polar surface area (TPSA) is 237 Å². The van der Waals surface area contributed by atoms with Gasteiger partial charge in [0.2, 0.25) is 0 Å². The molecular formula is C73H138O17P2. The second-order valence-electron chi connectivity index (χ2n) is 26.6. The van der Waals surface area contributed by atoms with E-state index in [9.17, 15) is 43.2 Å². The summed E-state index contributed by atoms with van der Waals surface area (Å²) in [6.07, 6.45) is 50.9. The number of esters is 4. The van der Waals surface area contributed by atoms with Crippen LogP contribution in [0.1, 0.15) is 344 Å². The van der Waals surface area contributed by atoms with Crippen molar-refractivity contribution in [2.75, 3.05) is 39.6 Å². The maximum atomic E-state index is 13.0. The van der Waals surface area contributed by atoms with E-state index in [2.05, 4.69) is 72.8 Å². The molecule has 0 radical (unpaired) electrons. The highest BCUT2D eigenvalue weighted by Crippen LogP contribution is 2.45. The fourth-order valence-electron chi connectivity index (χ4n) is 10.5. The summed E-state index contributed by atoms with van der Waals surface area (Å²) < 4.78 is 68.3. The number of aliphatic hydroxyl groups excluding tert-OH is 1. The van der Waals surface area contributed by atoms with Crippen LogP contribution < -0.4 is 0 Å². The third kappa shape index (κ3) is 63.6. The van der Waals surface area contributed by atoms with Crippen molar-refractivity contribution in [3.8, 4) is 0 Å². The van der Waals surface area contributed by atoms with E-state index in [1.807, 2.05) is 0 Å². The summed E-state index contributed by atoms with van der Waals surface area (Å²) in [5, 5.41) is 10.6. The SMILES string of the molecule is CCCCCC/C=C\C=C/CCCCCCCC(=O)O[C@H](COC(=O)CCCCCCCCC(C)C)COP(=O)(O)OC[C@H](O)COP(=O)(O)OC[C@@H](COC(=O)CCCCCCCCC(C)CC)OC(=O)CCCCCCCCCCCCCCCCC(C)CC. The van der Waals surface area contributed by atoms with Gasteiger partial charge in [0.25, 0.3) is 0 Å². The zero-order chi connectivity index (χ0) is 68.0. The van der Waals surface area contributed by atoms with Gasteiger partial charge in [-0.2, -0.15) is 0 Å². The van der Waals surface area contributed by atoms with E-state index in [1.54, 1.807) is 0 Å². The minimum absolute atomic E-state index is 0.0835. The number of allylic oxidation sites excluding steroid dienone is 4. The normalized spacial score (nSPS) is 14.9. The Balaban J connectivity index is 5.25. The zero-order valence-electron chi connectivity index (χ0n) is 59.5. The summed E-state index contributed by atoms with van der Waals surface area (Å²) in [7, 11) is -9.92. The van der Waals surface area contributed by atoms with Crippen LogP contribution in [0.3, 0.4) is 0 Å². The first-order valence-corrected chi connectivity index (χ1v) is 40.2. The number of ether oxygens (including phenoxy) is 4. The first-order valence-electron chi connectivity index (χ1n) is 37.2. The quantitative estimate of drug-likeness (QED) is 0.0169. The second kappa shape index (κ2) is 63.3. The average molecular weight is 1350 g/mol. The number of carbonyl (C=O) groups excluding carboxylic acids is 4. The number of carbonyl (C=O) groups is 4. The Morgan fingerprint density at radius 3 is 0.967 bits per heavy atom. The van der Waals surface area contributed by atoms with E-state index in [0.717, 1.165) is 127 Å². The fraction of sp³-hybridized carbons (Fsp3) is 0.890. The van der Waals surface area contributed by atoms with Crippen molar-refractivity contribution in [1.29, 1.82) is 0 Å². The number of phosphoric acid groups is 2. The second-order valence-corrected chi connectivity index (χ2v) is 29.5. The zero-order valence-corrected chi connectivity index (χ0v) is 61.3. The van der Waals surface area contributed by atoms with Gasteiger partial charge in [0.1, 0.15) is 19.3 Å². The number of hydrogen-bond donors (Lipinski definition) is 3. The first kappa shape index (κ1) is 89.5. The summed E-state index contributed by atoms with van der Waals surface area (Å²) in [5.74, 6) is 0.0929. The van der Waals surface area contributed by atoms with E-state index in [-0.39, 0.29) is 25.7 Å². The van der Waals surface area contributed by atoms with Crippen LogP contribution >= 0.6 is 15.6 Å². The van der Waals surface area contributed by atoms with Crippen LogP contribution in [-0.4, -0.2) is 96.7 Å². The van der Waals surface area contributed by atoms with Gasteiger partial charge in [0.05, 0.1) is 26.4 Å². The van der Waals surface area contributed by atoms with Gasteiger partial charge in [-0.25, -0.2) is 9.13 Å². The van der Waals surface area contributed by atoms with Crippen LogP contribution in [0, 0.1) is 17.8 Å². The Morgan fingerprint density at radius 1 is 0.359 bits per heavy atom. The van der Waals surface area contributed by atoms with Crippen LogP contribution in [-0.2, 0) is 65.4 Å². The van der Waals surface area contributed by atoms with Gasteiger partial charge in [0, 0.05) is 25.7 Å². The van der Waals surface area contributed by atoms with Crippen molar-refractivity contribution in [2.24, 2.45) is 17.8 Å². The lowest BCUT2D eigenvalue weighted by Crippen LogP contribution is -2.30. The molecule has 0 amide bonds. The molecule has 0 rings (SSSR count). The molecule has 0 fully saturated rings. The van der Waals surface area contributed by atoms with Gasteiger partial charge in [-0.05, 0) is 69.1 Å². The smallest absolute Gasteiger partial charge is 0.462 e.